The summed E-state index contributed by atoms with van der Waals surface area (Å²) in [7, 11) is -4.41. The van der Waals surface area contributed by atoms with E-state index in [1.54, 1.807) is 0 Å². The zero-order valence-corrected chi connectivity index (χ0v) is 48.9. The molecular weight excluding hydrogens is 954 g/mol. The number of carbonyl (C=O) groups excluding carboxylic acids is 2. The van der Waals surface area contributed by atoms with Gasteiger partial charge in [0.05, 0.1) is 13.2 Å². The molecule has 0 fully saturated rings. The Kier molecular flexibility index (Phi) is 57.2. The van der Waals surface area contributed by atoms with E-state index in [1.165, 1.54) is 141 Å². The van der Waals surface area contributed by atoms with E-state index in [0.29, 0.717) is 6.42 Å². The highest BCUT2D eigenvalue weighted by atomic mass is 31.2. The van der Waals surface area contributed by atoms with Gasteiger partial charge < -0.3 is 20.1 Å². The second-order valence-electron chi connectivity index (χ2n) is 19.8. The van der Waals surface area contributed by atoms with Crippen LogP contribution >= 0.6 is 7.82 Å². The topological polar surface area (TPSA) is 134 Å². The number of phosphoric acid groups is 1. The Bertz CT molecular complexity index is 1590. The van der Waals surface area contributed by atoms with E-state index in [1.807, 2.05) is 0 Å². The Morgan fingerprint density at radius 3 is 1.13 bits per heavy atom. The van der Waals surface area contributed by atoms with Gasteiger partial charge in [0.15, 0.2) is 6.10 Å². The molecule has 10 heteroatoms. The first-order valence-corrected chi connectivity index (χ1v) is 31.9. The maximum Gasteiger partial charge on any atom is 0.472 e. The number of rotatable bonds is 56. The number of nitrogens with two attached hydrogens (primary N) is 1. The monoisotopic (exact) mass is 1070 g/mol. The van der Waals surface area contributed by atoms with E-state index in [2.05, 4.69) is 123 Å². The van der Waals surface area contributed by atoms with Crippen molar-refractivity contribution in [3.63, 3.8) is 0 Å². The molecule has 2 atom stereocenters. The predicted octanol–water partition coefficient (Wildman–Crippen LogP) is 19.4. The van der Waals surface area contributed by atoms with Gasteiger partial charge in [-0.15, -0.1) is 0 Å². The van der Waals surface area contributed by atoms with Crippen LogP contribution in [0.5, 0.6) is 0 Å². The molecule has 75 heavy (non-hydrogen) atoms. The van der Waals surface area contributed by atoms with Crippen molar-refractivity contribution in [2.24, 2.45) is 5.73 Å². The summed E-state index contributed by atoms with van der Waals surface area (Å²) >= 11 is 0. The van der Waals surface area contributed by atoms with Gasteiger partial charge in [-0.2, -0.15) is 0 Å². The van der Waals surface area contributed by atoms with Crippen LogP contribution in [0, 0.1) is 0 Å². The van der Waals surface area contributed by atoms with Crippen LogP contribution in [0.3, 0.4) is 0 Å². The third kappa shape index (κ3) is 59.8. The highest BCUT2D eigenvalue weighted by Crippen LogP contribution is 2.43. The zero-order chi connectivity index (χ0) is 54.5. The average Bonchev–Trinajstić information content (AvgIpc) is 3.40. The number of unbranched alkanes of at least 4 members (excludes halogenated alkanes) is 25. The molecule has 0 aromatic heterocycles. The summed E-state index contributed by atoms with van der Waals surface area (Å²) < 4.78 is 33.0. The molecule has 9 nitrogen and oxygen atoms in total. The number of phosphoric ester groups is 1. The first-order valence-electron chi connectivity index (χ1n) is 30.4. The molecule has 0 amide bonds. The summed E-state index contributed by atoms with van der Waals surface area (Å²) in [5.74, 6) is -0.880. The maximum atomic E-state index is 12.7. The molecule has 3 N–H and O–H groups in total. The van der Waals surface area contributed by atoms with Crippen LogP contribution in [-0.2, 0) is 32.7 Å². The number of allylic oxidation sites excluding steroid dienone is 18. The van der Waals surface area contributed by atoms with Crippen molar-refractivity contribution < 1.29 is 37.6 Å². The minimum Gasteiger partial charge on any atom is -0.462 e. The molecule has 0 heterocycles. The first-order chi connectivity index (χ1) is 36.8. The highest BCUT2D eigenvalue weighted by Gasteiger charge is 2.26. The van der Waals surface area contributed by atoms with Crippen LogP contribution in [0.1, 0.15) is 258 Å². The van der Waals surface area contributed by atoms with Crippen LogP contribution in [-0.4, -0.2) is 49.3 Å². The van der Waals surface area contributed by atoms with E-state index in [-0.39, 0.29) is 32.6 Å². The van der Waals surface area contributed by atoms with Gasteiger partial charge in [0.25, 0.3) is 0 Å². The molecule has 0 aliphatic heterocycles. The number of carbonyl (C=O) groups is 2. The maximum absolute atomic E-state index is 12.7. The Morgan fingerprint density at radius 2 is 0.733 bits per heavy atom. The summed E-state index contributed by atoms with van der Waals surface area (Å²) in [5.41, 5.74) is 5.38. The van der Waals surface area contributed by atoms with E-state index >= 15 is 0 Å². The van der Waals surface area contributed by atoms with Crippen molar-refractivity contribution in [3.05, 3.63) is 109 Å². The molecule has 0 radical (unpaired) electrons. The fraction of sp³-hybridized carbons (Fsp3) is 0.692. The van der Waals surface area contributed by atoms with Gasteiger partial charge in [-0.3, -0.25) is 18.6 Å². The van der Waals surface area contributed by atoms with E-state index in [0.717, 1.165) is 83.5 Å². The lowest BCUT2D eigenvalue weighted by Gasteiger charge is -2.19. The van der Waals surface area contributed by atoms with Gasteiger partial charge in [-0.25, -0.2) is 4.57 Å². The van der Waals surface area contributed by atoms with Gasteiger partial charge in [0, 0.05) is 19.4 Å². The van der Waals surface area contributed by atoms with Crippen molar-refractivity contribution >= 4 is 19.8 Å². The smallest absolute Gasteiger partial charge is 0.462 e. The molecule has 0 bridgehead atoms. The fourth-order valence-electron chi connectivity index (χ4n) is 8.18. The minimum atomic E-state index is -4.41. The predicted molar refractivity (Wildman–Crippen MR) is 321 cm³/mol. The summed E-state index contributed by atoms with van der Waals surface area (Å²) in [5, 5.41) is 0. The molecule has 0 aliphatic rings. The summed E-state index contributed by atoms with van der Waals surface area (Å²) in [4.78, 5) is 35.2. The van der Waals surface area contributed by atoms with Gasteiger partial charge in [-0.05, 0) is 103 Å². The third-order valence-corrected chi connectivity index (χ3v) is 13.6. The van der Waals surface area contributed by atoms with Crippen molar-refractivity contribution in [3.8, 4) is 0 Å². The number of hydrogen-bond donors (Lipinski definition) is 2. The summed E-state index contributed by atoms with van der Waals surface area (Å²) in [6, 6.07) is 0. The van der Waals surface area contributed by atoms with E-state index < -0.39 is 32.5 Å². The molecule has 2 unspecified atom stereocenters. The molecule has 0 aromatic rings. The first kappa shape index (κ1) is 71.7. The summed E-state index contributed by atoms with van der Waals surface area (Å²) in [6.45, 7) is 3.59. The van der Waals surface area contributed by atoms with Crippen molar-refractivity contribution in [1.82, 2.24) is 0 Å². The zero-order valence-electron chi connectivity index (χ0n) is 48.0. The second kappa shape index (κ2) is 59.9. The number of esters is 2. The number of ether oxygens (including phenoxy) is 2. The van der Waals surface area contributed by atoms with E-state index in [9.17, 15) is 19.0 Å². The van der Waals surface area contributed by atoms with Crippen LogP contribution in [0.2, 0.25) is 0 Å². The molecule has 0 saturated carbocycles. The molecule has 0 aromatic carbocycles. The van der Waals surface area contributed by atoms with Gasteiger partial charge in [-0.1, -0.05) is 252 Å². The van der Waals surface area contributed by atoms with Crippen molar-refractivity contribution in [2.75, 3.05) is 26.4 Å². The largest absolute Gasteiger partial charge is 0.472 e. The van der Waals surface area contributed by atoms with Gasteiger partial charge in [0.1, 0.15) is 6.61 Å². The Labute approximate surface area is 460 Å². The third-order valence-electron chi connectivity index (χ3n) is 12.6. The lowest BCUT2D eigenvalue weighted by atomic mass is 10.0. The van der Waals surface area contributed by atoms with Crippen LogP contribution in [0.15, 0.2) is 109 Å². The van der Waals surface area contributed by atoms with Crippen LogP contribution in [0.4, 0.5) is 0 Å². The quantitative estimate of drug-likeness (QED) is 0.0264. The number of hydrogen-bond acceptors (Lipinski definition) is 8. The van der Waals surface area contributed by atoms with Gasteiger partial charge >= 0.3 is 19.8 Å². The van der Waals surface area contributed by atoms with E-state index in [4.69, 9.17) is 24.3 Å². The standard InChI is InChI=1S/C65H112NO8P/c1-3-5-7-9-11-13-15-17-19-21-23-25-27-29-31-33-35-37-39-41-43-45-47-49-51-53-55-57-64(67)71-61-63(62-73-75(69,70)72-60-59-66)74-65(68)58-56-54-52-50-48-46-44-42-40-38-36-34-32-30-28-26-24-22-20-18-16-14-12-10-8-6-4-2/h6,8,12,14,18,20-21,23-24,26,30,32,36,38,42,44,48,50,63H,3-5,7,9-11,13,15-17,19,22,25,27-29,31,33-35,37,39-41,43,45-47,49,51-62,66H2,1-2H3,(H,69,70)/b8-6-,14-12-,20-18-,23-21-,26-24-,32-30-,38-36-,44-42-,50-48-. The molecule has 0 spiro atoms. The normalized spacial score (nSPS) is 13.8. The van der Waals surface area contributed by atoms with Crippen LogP contribution < -0.4 is 5.73 Å². The highest BCUT2D eigenvalue weighted by molar-refractivity contribution is 7.47. The SMILES string of the molecule is CC/C=C\C/C=C\C/C=C\C/C=C\C/C=C\C/C=C\C/C=C\C/C=C\CCCCC(=O)OC(COC(=O)CCCCCCCCCCCCCCCCC/C=C\CCCCCCCCCC)COP(=O)(O)OCCN. The molecule has 0 rings (SSSR count). The molecule has 0 saturated heterocycles. The Balaban J connectivity index is 4.06. The summed E-state index contributed by atoms with van der Waals surface area (Å²) in [6.07, 6.45) is 81.6. The molecule has 430 valence electrons. The van der Waals surface area contributed by atoms with Crippen LogP contribution in [0.25, 0.3) is 0 Å². The Hall–Kier alpha value is -3.33. The van der Waals surface area contributed by atoms with Gasteiger partial charge in [0.2, 0.25) is 0 Å². The average molecular weight is 1070 g/mol. The molecule has 0 aliphatic carbocycles. The Morgan fingerprint density at radius 1 is 0.413 bits per heavy atom. The lowest BCUT2D eigenvalue weighted by Crippen LogP contribution is -2.29. The lowest BCUT2D eigenvalue weighted by molar-refractivity contribution is -0.161. The molecular formula is C65H112NO8P. The van der Waals surface area contributed by atoms with Crippen molar-refractivity contribution in [1.29, 1.82) is 0 Å². The fourth-order valence-corrected chi connectivity index (χ4v) is 8.94. The van der Waals surface area contributed by atoms with Crippen molar-refractivity contribution in [2.45, 2.75) is 264 Å². The second-order valence-corrected chi connectivity index (χ2v) is 21.3. The minimum absolute atomic E-state index is 0.0410.